The van der Waals surface area contributed by atoms with Crippen LogP contribution >= 0.6 is 0 Å². The first-order valence-electron chi connectivity index (χ1n) is 9.50. The summed E-state index contributed by atoms with van der Waals surface area (Å²) in [5.74, 6) is -1.19. The van der Waals surface area contributed by atoms with Crippen LogP contribution in [0.15, 0.2) is 42.7 Å². The quantitative estimate of drug-likeness (QED) is 0.510. The van der Waals surface area contributed by atoms with Crippen molar-refractivity contribution in [3.8, 4) is 22.8 Å². The molecule has 0 atom stereocenters. The summed E-state index contributed by atoms with van der Waals surface area (Å²) in [6, 6.07) is 6.96. The van der Waals surface area contributed by atoms with Crippen LogP contribution < -0.4 is 10.5 Å². The van der Waals surface area contributed by atoms with Gasteiger partial charge >= 0.3 is 6.18 Å². The number of nitrogens with two attached hydrogens (primary N) is 1. The zero-order valence-electron chi connectivity index (χ0n) is 16.1. The summed E-state index contributed by atoms with van der Waals surface area (Å²) in [6.45, 7) is 1.56. The van der Waals surface area contributed by atoms with Crippen LogP contribution in [0, 0.1) is 12.7 Å². The third-order valence-corrected chi connectivity index (χ3v) is 5.27. The van der Waals surface area contributed by atoms with E-state index >= 15 is 4.39 Å². The van der Waals surface area contributed by atoms with E-state index in [-0.39, 0.29) is 28.7 Å². The first-order chi connectivity index (χ1) is 14.2. The summed E-state index contributed by atoms with van der Waals surface area (Å²) in [5, 5.41) is 0. The summed E-state index contributed by atoms with van der Waals surface area (Å²) >= 11 is 0. The number of anilines is 1. The summed E-state index contributed by atoms with van der Waals surface area (Å²) in [4.78, 5) is 7.98. The van der Waals surface area contributed by atoms with Crippen molar-refractivity contribution in [2.45, 2.75) is 38.3 Å². The molecule has 1 aromatic heterocycles. The molecular weight excluding hydrogens is 398 g/mol. The van der Waals surface area contributed by atoms with Gasteiger partial charge in [0, 0.05) is 11.1 Å². The minimum Gasteiger partial charge on any atom is -0.453 e. The molecule has 2 N–H and O–H groups in total. The van der Waals surface area contributed by atoms with E-state index in [9.17, 15) is 13.2 Å². The standard InChI is InChI=1S/C22H19F4N3O/c1-12-5-8-18(16(9-12)22(24,25)26)30-21-14(13-3-2-4-13)6-7-15(20(21)23)17-10-29-19(27)11-28-17/h5-11,13H,2-4H2,1H3,(H2,27,29). The Morgan fingerprint density at radius 1 is 1.07 bits per heavy atom. The fraction of sp³-hybridized carbons (Fsp3) is 0.273. The van der Waals surface area contributed by atoms with Gasteiger partial charge in [0.1, 0.15) is 11.6 Å². The number of benzene rings is 2. The first kappa shape index (κ1) is 20.1. The number of rotatable bonds is 4. The van der Waals surface area contributed by atoms with Gasteiger partial charge in [0.15, 0.2) is 11.6 Å². The van der Waals surface area contributed by atoms with Gasteiger partial charge in [-0.15, -0.1) is 0 Å². The number of aromatic nitrogens is 2. The van der Waals surface area contributed by atoms with Crippen LogP contribution in [0.4, 0.5) is 23.4 Å². The fourth-order valence-corrected chi connectivity index (χ4v) is 3.45. The number of hydrogen-bond donors (Lipinski definition) is 1. The molecule has 0 amide bonds. The lowest BCUT2D eigenvalue weighted by atomic mass is 9.79. The Bertz CT molecular complexity index is 1080. The molecule has 0 unspecified atom stereocenters. The lowest BCUT2D eigenvalue weighted by Gasteiger charge is -2.28. The zero-order chi connectivity index (χ0) is 21.5. The topological polar surface area (TPSA) is 61.0 Å². The van der Waals surface area contributed by atoms with Crippen molar-refractivity contribution < 1.29 is 22.3 Å². The van der Waals surface area contributed by atoms with E-state index in [0.717, 1.165) is 25.3 Å². The molecule has 156 valence electrons. The maximum atomic E-state index is 15.5. The van der Waals surface area contributed by atoms with E-state index in [0.29, 0.717) is 11.1 Å². The van der Waals surface area contributed by atoms with E-state index in [1.54, 1.807) is 19.1 Å². The maximum Gasteiger partial charge on any atom is 0.419 e. The molecular formula is C22H19F4N3O. The minimum atomic E-state index is -4.63. The second kappa shape index (κ2) is 7.59. The molecule has 8 heteroatoms. The van der Waals surface area contributed by atoms with Crippen LogP contribution in [-0.2, 0) is 6.18 Å². The van der Waals surface area contributed by atoms with Crippen LogP contribution in [0.5, 0.6) is 11.5 Å². The number of halogens is 4. The molecule has 0 radical (unpaired) electrons. The largest absolute Gasteiger partial charge is 0.453 e. The second-order valence-electron chi connectivity index (χ2n) is 7.40. The Hall–Kier alpha value is -3.16. The maximum absolute atomic E-state index is 15.5. The zero-order valence-corrected chi connectivity index (χ0v) is 16.1. The Morgan fingerprint density at radius 3 is 2.43 bits per heavy atom. The number of nitrogens with zero attached hydrogens (tertiary/aromatic N) is 2. The van der Waals surface area contributed by atoms with Gasteiger partial charge in [-0.2, -0.15) is 13.2 Å². The number of alkyl halides is 3. The highest BCUT2D eigenvalue weighted by atomic mass is 19.4. The highest BCUT2D eigenvalue weighted by molar-refractivity contribution is 5.64. The van der Waals surface area contributed by atoms with Crippen molar-refractivity contribution in [3.05, 3.63) is 65.2 Å². The van der Waals surface area contributed by atoms with Gasteiger partial charge in [-0.05, 0) is 43.9 Å². The fourth-order valence-electron chi connectivity index (χ4n) is 3.45. The van der Waals surface area contributed by atoms with Gasteiger partial charge in [-0.3, -0.25) is 4.98 Å². The van der Waals surface area contributed by atoms with Crippen LogP contribution in [0.2, 0.25) is 0 Å². The molecule has 1 heterocycles. The van der Waals surface area contributed by atoms with Crippen LogP contribution in [0.25, 0.3) is 11.3 Å². The molecule has 0 saturated heterocycles. The summed E-state index contributed by atoms with van der Waals surface area (Å²) in [7, 11) is 0. The average Bonchev–Trinajstić information content (AvgIpc) is 2.64. The molecule has 1 fully saturated rings. The van der Waals surface area contributed by atoms with Crippen molar-refractivity contribution in [1.29, 1.82) is 0 Å². The smallest absolute Gasteiger partial charge is 0.419 e. The van der Waals surface area contributed by atoms with E-state index in [4.69, 9.17) is 10.5 Å². The van der Waals surface area contributed by atoms with Crippen LogP contribution in [0.3, 0.4) is 0 Å². The Labute approximate surface area is 170 Å². The van der Waals surface area contributed by atoms with Crippen molar-refractivity contribution in [1.82, 2.24) is 9.97 Å². The van der Waals surface area contributed by atoms with Crippen molar-refractivity contribution in [2.75, 3.05) is 5.73 Å². The third-order valence-electron chi connectivity index (χ3n) is 5.27. The first-order valence-corrected chi connectivity index (χ1v) is 9.50. The predicted molar refractivity (Wildman–Crippen MR) is 105 cm³/mol. The second-order valence-corrected chi connectivity index (χ2v) is 7.40. The molecule has 2 aromatic carbocycles. The highest BCUT2D eigenvalue weighted by Gasteiger charge is 2.36. The number of ether oxygens (including phenoxy) is 1. The Balaban J connectivity index is 1.84. The Morgan fingerprint density at radius 2 is 1.83 bits per heavy atom. The summed E-state index contributed by atoms with van der Waals surface area (Å²) in [6.07, 6.45) is 0.613. The van der Waals surface area contributed by atoms with Crippen LogP contribution in [-0.4, -0.2) is 9.97 Å². The average molecular weight is 417 g/mol. The summed E-state index contributed by atoms with van der Waals surface area (Å²) in [5.41, 5.74) is 5.88. The minimum absolute atomic E-state index is 0.0424. The SMILES string of the molecule is Cc1ccc(Oc2c(C3CCC3)ccc(-c3cnc(N)cn3)c2F)c(C(F)(F)F)c1. The lowest BCUT2D eigenvalue weighted by molar-refractivity contribution is -0.138. The predicted octanol–water partition coefficient (Wildman–Crippen LogP) is 6.25. The van der Waals surface area contributed by atoms with E-state index in [1.165, 1.54) is 24.5 Å². The van der Waals surface area contributed by atoms with Crippen molar-refractivity contribution >= 4 is 5.82 Å². The van der Waals surface area contributed by atoms with Crippen LogP contribution in [0.1, 0.15) is 41.9 Å². The van der Waals surface area contributed by atoms with Gasteiger partial charge in [-0.25, -0.2) is 9.37 Å². The van der Waals surface area contributed by atoms with Gasteiger partial charge in [0.25, 0.3) is 0 Å². The monoisotopic (exact) mass is 417 g/mol. The summed E-state index contributed by atoms with van der Waals surface area (Å²) < 4.78 is 61.8. The van der Waals surface area contributed by atoms with Gasteiger partial charge < -0.3 is 10.5 Å². The number of hydrogen-bond acceptors (Lipinski definition) is 4. The number of aryl methyl sites for hydroxylation is 1. The molecule has 3 aromatic rings. The van der Waals surface area contributed by atoms with Gasteiger partial charge in [0.05, 0.1) is 23.7 Å². The van der Waals surface area contributed by atoms with Gasteiger partial charge in [-0.1, -0.05) is 24.1 Å². The highest BCUT2D eigenvalue weighted by Crippen LogP contribution is 2.46. The molecule has 4 nitrogen and oxygen atoms in total. The third kappa shape index (κ3) is 3.81. The molecule has 0 bridgehead atoms. The molecule has 1 saturated carbocycles. The molecule has 4 rings (SSSR count). The number of nitrogen functional groups attached to an aromatic ring is 1. The molecule has 0 aliphatic heterocycles. The normalized spacial score (nSPS) is 14.4. The molecule has 30 heavy (non-hydrogen) atoms. The molecule has 1 aliphatic rings. The van der Waals surface area contributed by atoms with E-state index in [2.05, 4.69) is 9.97 Å². The Kier molecular flexibility index (Phi) is 5.09. The van der Waals surface area contributed by atoms with Crippen molar-refractivity contribution in [2.24, 2.45) is 0 Å². The lowest BCUT2D eigenvalue weighted by Crippen LogP contribution is -2.13. The van der Waals surface area contributed by atoms with E-state index in [1.807, 2.05) is 0 Å². The van der Waals surface area contributed by atoms with E-state index < -0.39 is 23.3 Å². The molecule has 0 spiro atoms. The van der Waals surface area contributed by atoms with Crippen molar-refractivity contribution in [3.63, 3.8) is 0 Å². The van der Waals surface area contributed by atoms with Gasteiger partial charge in [0.2, 0.25) is 0 Å². The molecule has 1 aliphatic carbocycles.